The Labute approximate surface area is 316 Å². The molecule has 4 aliphatic heterocycles. The van der Waals surface area contributed by atoms with E-state index in [0.717, 1.165) is 50.0 Å². The zero-order valence-electron chi connectivity index (χ0n) is 31.2. The zero-order valence-corrected chi connectivity index (χ0v) is 31.2. The van der Waals surface area contributed by atoms with Gasteiger partial charge in [0, 0.05) is 55.5 Å². The number of carbonyl (C=O) groups excluding carboxylic acids is 1. The van der Waals surface area contributed by atoms with E-state index >= 15 is 0 Å². The van der Waals surface area contributed by atoms with Crippen LogP contribution in [-0.2, 0) is 37.0 Å². The first-order chi connectivity index (χ1) is 26.2. The summed E-state index contributed by atoms with van der Waals surface area (Å²) in [5, 5.41) is 7.29. The zero-order chi connectivity index (χ0) is 39.3. The molecule has 1 amide bonds. The summed E-state index contributed by atoms with van der Waals surface area (Å²) >= 11 is 0. The Morgan fingerprint density at radius 2 is 1.93 bits per heavy atom. The summed E-state index contributed by atoms with van der Waals surface area (Å²) in [6, 6.07) is 2.81. The Bertz CT molecular complexity index is 2070. The van der Waals surface area contributed by atoms with Gasteiger partial charge in [-0.15, -0.1) is 5.92 Å². The molecule has 2 atom stereocenters. The van der Waals surface area contributed by atoms with E-state index in [1.165, 1.54) is 31.9 Å². The second kappa shape index (κ2) is 14.7. The van der Waals surface area contributed by atoms with E-state index in [0.29, 0.717) is 54.4 Å². The number of amides is 1. The van der Waals surface area contributed by atoms with Crippen LogP contribution in [0.5, 0.6) is 6.01 Å². The SMILES string of the molecule is C=C(F)F.CC#Cc1cc(N)cc(C2Cc3nc(OCC45CCCN4CC4(CC4)C5)nc(N4CCCn5nc(C(=O)NC)c(C)c5C4)c3CO2)c1C(F)(F)F. The minimum Gasteiger partial charge on any atom is -0.461 e. The molecule has 1 spiro atoms. The number of halogens is 5. The molecule has 6 heterocycles. The number of nitrogen functional groups attached to an aromatic ring is 1. The number of rotatable bonds is 6. The molecular formula is C39H45F5N8O3. The number of carbonyl (C=O) groups is 1. The Hall–Kier alpha value is -4.75. The van der Waals surface area contributed by atoms with Crippen molar-refractivity contribution in [3.05, 3.63) is 69.7 Å². The van der Waals surface area contributed by atoms with E-state index in [4.69, 9.17) is 25.2 Å². The van der Waals surface area contributed by atoms with Gasteiger partial charge in [0.25, 0.3) is 12.0 Å². The number of benzene rings is 1. The monoisotopic (exact) mass is 768 g/mol. The molecule has 55 heavy (non-hydrogen) atoms. The van der Waals surface area contributed by atoms with Crippen molar-refractivity contribution in [1.82, 2.24) is 30.0 Å². The first-order valence-electron chi connectivity index (χ1n) is 18.5. The summed E-state index contributed by atoms with van der Waals surface area (Å²) in [6.07, 6.45) is -0.869. The van der Waals surface area contributed by atoms with E-state index in [9.17, 15) is 26.7 Å². The molecule has 3 N–H and O–H groups in total. The minimum atomic E-state index is -4.68. The summed E-state index contributed by atoms with van der Waals surface area (Å²) in [6.45, 7) is 9.92. The van der Waals surface area contributed by atoms with Crippen LogP contribution in [0.15, 0.2) is 24.8 Å². The van der Waals surface area contributed by atoms with E-state index in [2.05, 4.69) is 38.6 Å². The van der Waals surface area contributed by atoms with Crippen molar-refractivity contribution in [3.8, 4) is 17.9 Å². The smallest absolute Gasteiger partial charge is 0.417 e. The van der Waals surface area contributed by atoms with Crippen LogP contribution in [0, 0.1) is 24.2 Å². The number of aromatic nitrogens is 4. The Balaban J connectivity index is 0.00000111. The number of ether oxygens (including phenoxy) is 2. The van der Waals surface area contributed by atoms with Crippen molar-refractivity contribution in [2.24, 2.45) is 5.41 Å². The topological polar surface area (TPSA) is 124 Å². The summed E-state index contributed by atoms with van der Waals surface area (Å²) < 4.78 is 78.8. The molecule has 2 aromatic heterocycles. The fourth-order valence-electron chi connectivity index (χ4n) is 8.93. The largest absolute Gasteiger partial charge is 0.461 e. The number of nitrogens with one attached hydrogen (secondary N) is 1. The molecule has 1 aliphatic carbocycles. The molecular weight excluding hydrogens is 723 g/mol. The number of hydrogen-bond acceptors (Lipinski definition) is 9. The number of alkyl halides is 3. The lowest BCUT2D eigenvalue weighted by Crippen LogP contribution is -2.43. The Morgan fingerprint density at radius 1 is 1.16 bits per heavy atom. The molecule has 1 saturated carbocycles. The predicted molar refractivity (Wildman–Crippen MR) is 194 cm³/mol. The molecule has 3 fully saturated rings. The molecule has 2 saturated heterocycles. The number of hydrogen-bond donors (Lipinski definition) is 2. The molecule has 0 radical (unpaired) electrons. The third-order valence-electron chi connectivity index (χ3n) is 11.5. The van der Waals surface area contributed by atoms with Crippen molar-refractivity contribution < 1.29 is 36.2 Å². The van der Waals surface area contributed by atoms with Crippen molar-refractivity contribution in [2.75, 3.05) is 43.9 Å². The maximum atomic E-state index is 14.6. The van der Waals surface area contributed by atoms with E-state index in [1.807, 2.05) is 11.6 Å². The van der Waals surface area contributed by atoms with Crippen molar-refractivity contribution >= 4 is 17.4 Å². The average Bonchev–Trinajstić information content (AvgIpc) is 3.62. The standard InChI is InChI=1S/C37H43F3N8O3.C2H2F2/c1-4-7-23-14-24(41)15-25(30(23)37(38,39)40)29-16-27-26(18-50-29)32(46-11-6-13-48-28(17-46)22(2)31(45-48)33(49)42-3)44-34(43-27)51-21-36-8-5-12-47(36)20-35(19-36)9-10-35;1-2(3)4/h14-15,29H,5-6,8-13,16-21,41H2,1-3H3,(H,42,49);1H2. The molecule has 16 heteroatoms. The normalized spacial score (nSPS) is 22.3. The quantitative estimate of drug-likeness (QED) is 0.168. The molecule has 294 valence electrons. The lowest BCUT2D eigenvalue weighted by Gasteiger charge is -2.33. The highest BCUT2D eigenvalue weighted by atomic mass is 19.4. The summed E-state index contributed by atoms with van der Waals surface area (Å²) in [7, 11) is 1.58. The second-order valence-corrected chi connectivity index (χ2v) is 15.2. The van der Waals surface area contributed by atoms with Gasteiger partial charge >= 0.3 is 12.2 Å². The van der Waals surface area contributed by atoms with Crippen LogP contribution in [0.4, 0.5) is 33.5 Å². The molecule has 2 unspecified atom stereocenters. The first kappa shape index (κ1) is 38.5. The number of anilines is 2. The molecule has 3 aromatic rings. The fourth-order valence-corrected chi connectivity index (χ4v) is 8.93. The van der Waals surface area contributed by atoms with E-state index in [1.54, 1.807) is 7.05 Å². The Kier molecular flexibility index (Phi) is 10.3. The van der Waals surface area contributed by atoms with Crippen LogP contribution >= 0.6 is 0 Å². The van der Waals surface area contributed by atoms with Gasteiger partial charge in [0.2, 0.25) is 0 Å². The highest BCUT2D eigenvalue weighted by Crippen LogP contribution is 2.60. The third-order valence-corrected chi connectivity index (χ3v) is 11.5. The number of nitrogens with two attached hydrogens (primary N) is 1. The summed E-state index contributed by atoms with van der Waals surface area (Å²) in [4.78, 5) is 27.2. The van der Waals surface area contributed by atoms with Crippen LogP contribution < -0.4 is 20.7 Å². The molecule has 8 rings (SSSR count). The van der Waals surface area contributed by atoms with Crippen LogP contribution in [0.1, 0.15) is 101 Å². The second-order valence-electron chi connectivity index (χ2n) is 15.2. The van der Waals surface area contributed by atoms with Gasteiger partial charge in [0.15, 0.2) is 5.69 Å². The predicted octanol–water partition coefficient (Wildman–Crippen LogP) is 6.33. The van der Waals surface area contributed by atoms with Crippen molar-refractivity contribution in [3.63, 3.8) is 0 Å². The van der Waals surface area contributed by atoms with E-state index < -0.39 is 23.9 Å². The first-order valence-corrected chi connectivity index (χ1v) is 18.5. The Morgan fingerprint density at radius 3 is 2.62 bits per heavy atom. The lowest BCUT2D eigenvalue weighted by molar-refractivity contribution is -0.140. The molecule has 5 aliphatic rings. The van der Waals surface area contributed by atoms with Gasteiger partial charge in [-0.2, -0.15) is 37.0 Å². The number of nitrogens with zero attached hydrogens (tertiary/aromatic N) is 6. The summed E-state index contributed by atoms with van der Waals surface area (Å²) in [5.41, 5.74) is 8.94. The molecule has 1 aromatic carbocycles. The van der Waals surface area contributed by atoms with Crippen LogP contribution in [0.2, 0.25) is 0 Å². The number of fused-ring (bicyclic) bond motifs is 3. The maximum Gasteiger partial charge on any atom is 0.417 e. The van der Waals surface area contributed by atoms with Crippen LogP contribution in [0.25, 0.3) is 0 Å². The van der Waals surface area contributed by atoms with Crippen molar-refractivity contribution in [2.45, 2.75) is 96.3 Å². The van der Waals surface area contributed by atoms with Crippen molar-refractivity contribution in [1.29, 1.82) is 0 Å². The lowest BCUT2D eigenvalue weighted by atomic mass is 9.89. The van der Waals surface area contributed by atoms with Gasteiger partial charge in [-0.3, -0.25) is 14.4 Å². The van der Waals surface area contributed by atoms with Crippen LogP contribution in [-0.4, -0.2) is 69.4 Å². The third kappa shape index (κ3) is 7.60. The van der Waals surface area contributed by atoms with Gasteiger partial charge in [0.05, 0.1) is 41.7 Å². The molecule has 0 bridgehead atoms. The van der Waals surface area contributed by atoms with Gasteiger partial charge in [-0.05, 0) is 88.6 Å². The highest BCUT2D eigenvalue weighted by molar-refractivity contribution is 5.93. The highest BCUT2D eigenvalue weighted by Gasteiger charge is 2.60. The number of aryl methyl sites for hydroxylation is 1. The van der Waals surface area contributed by atoms with Crippen LogP contribution in [0.3, 0.4) is 0 Å². The minimum absolute atomic E-state index is 0.00499. The fraction of sp³-hybridized carbons (Fsp3) is 0.538. The maximum absolute atomic E-state index is 14.6. The van der Waals surface area contributed by atoms with Gasteiger partial charge in [0.1, 0.15) is 12.4 Å². The van der Waals surface area contributed by atoms with Gasteiger partial charge < -0.3 is 25.4 Å². The summed E-state index contributed by atoms with van der Waals surface area (Å²) in [5.74, 6) is 5.55. The molecule has 11 nitrogen and oxygen atoms in total. The van der Waals surface area contributed by atoms with E-state index in [-0.39, 0.29) is 47.3 Å². The van der Waals surface area contributed by atoms with Gasteiger partial charge in [-0.1, -0.05) is 5.92 Å². The average molecular weight is 769 g/mol. The van der Waals surface area contributed by atoms with Gasteiger partial charge in [-0.25, -0.2) is 0 Å².